The lowest BCUT2D eigenvalue weighted by atomic mass is 10.00. The van der Waals surface area contributed by atoms with Crippen LogP contribution >= 0.6 is 23.4 Å². The number of fused-ring (bicyclic) bond motifs is 1. The number of carbonyl (C=O) groups is 1. The highest BCUT2D eigenvalue weighted by atomic mass is 35.5. The molecule has 2 N–H and O–H groups in total. The van der Waals surface area contributed by atoms with Gasteiger partial charge in [-0.3, -0.25) is 4.90 Å². The molecule has 152 valence electrons. The van der Waals surface area contributed by atoms with E-state index < -0.39 is 12.0 Å². The van der Waals surface area contributed by atoms with Crippen LogP contribution in [-0.2, 0) is 9.53 Å². The van der Waals surface area contributed by atoms with Gasteiger partial charge in [0.05, 0.1) is 17.9 Å². The molecule has 3 heterocycles. The fraction of sp³-hybridized carbons (Fsp3) is 0.190. The van der Waals surface area contributed by atoms with Gasteiger partial charge in [-0.15, -0.1) is 0 Å². The number of allylic oxidation sites excluding steroid dienone is 2. The molecule has 0 unspecified atom stereocenters. The van der Waals surface area contributed by atoms with E-state index in [9.17, 15) is 10.1 Å². The lowest BCUT2D eigenvalue weighted by molar-refractivity contribution is -0.139. The maximum Gasteiger partial charge on any atom is 0.338 e. The van der Waals surface area contributed by atoms with Crippen LogP contribution in [0.3, 0.4) is 0 Å². The minimum absolute atomic E-state index is 0.219. The number of amidine groups is 1. The van der Waals surface area contributed by atoms with Crippen LogP contribution in [0.2, 0.25) is 5.02 Å². The summed E-state index contributed by atoms with van der Waals surface area (Å²) in [5.41, 5.74) is 7.89. The number of nitrogens with zero attached hydrogens (tertiary/aromatic N) is 3. The fourth-order valence-corrected chi connectivity index (χ4v) is 4.39. The summed E-state index contributed by atoms with van der Waals surface area (Å²) in [7, 11) is 0. The fourth-order valence-electron chi connectivity index (χ4n) is 3.35. The van der Waals surface area contributed by atoms with Crippen LogP contribution in [0.5, 0.6) is 0 Å². The number of ether oxygens (including phenoxy) is 1. The molecular weight excluding hydrogens is 424 g/mol. The first-order valence-corrected chi connectivity index (χ1v) is 10.3. The van der Waals surface area contributed by atoms with Crippen molar-refractivity contribution in [1.29, 1.82) is 5.26 Å². The van der Waals surface area contributed by atoms with E-state index in [1.165, 1.54) is 0 Å². The Kier molecular flexibility index (Phi) is 5.33. The van der Waals surface area contributed by atoms with Crippen molar-refractivity contribution >= 4 is 34.5 Å². The normalized spacial score (nSPS) is 18.3. The Morgan fingerprint density at radius 3 is 2.77 bits per heavy atom. The van der Waals surface area contributed by atoms with Crippen LogP contribution in [0.25, 0.3) is 11.3 Å². The summed E-state index contributed by atoms with van der Waals surface area (Å²) in [4.78, 5) is 19.2. The van der Waals surface area contributed by atoms with Crippen LogP contribution in [0, 0.1) is 11.3 Å². The molecule has 0 saturated carbocycles. The summed E-state index contributed by atoms with van der Waals surface area (Å²) in [5, 5.41) is 10.6. The third-order valence-corrected chi connectivity index (χ3v) is 5.93. The second kappa shape index (κ2) is 7.94. The number of benzene rings is 1. The summed E-state index contributed by atoms with van der Waals surface area (Å²) >= 11 is 7.14. The predicted molar refractivity (Wildman–Crippen MR) is 115 cm³/mol. The van der Waals surface area contributed by atoms with Crippen molar-refractivity contribution in [2.24, 2.45) is 10.7 Å². The highest BCUT2D eigenvalue weighted by Gasteiger charge is 2.44. The van der Waals surface area contributed by atoms with Crippen LogP contribution in [0.1, 0.15) is 25.6 Å². The van der Waals surface area contributed by atoms with E-state index in [4.69, 9.17) is 26.5 Å². The summed E-state index contributed by atoms with van der Waals surface area (Å²) < 4.78 is 11.4. The third-order valence-electron chi connectivity index (χ3n) is 4.70. The van der Waals surface area contributed by atoms with Crippen molar-refractivity contribution in [1.82, 2.24) is 4.90 Å². The summed E-state index contributed by atoms with van der Waals surface area (Å²) in [5.74, 6) is 0.819. The molecule has 7 nitrogen and oxygen atoms in total. The maximum atomic E-state index is 12.8. The molecule has 1 aromatic heterocycles. The van der Waals surface area contributed by atoms with E-state index in [0.29, 0.717) is 37.9 Å². The zero-order valence-electron chi connectivity index (χ0n) is 16.2. The van der Waals surface area contributed by atoms with Crippen molar-refractivity contribution in [2.45, 2.75) is 19.9 Å². The van der Waals surface area contributed by atoms with Crippen molar-refractivity contribution in [3.63, 3.8) is 0 Å². The van der Waals surface area contributed by atoms with E-state index in [1.807, 2.05) is 18.2 Å². The number of halogens is 1. The molecule has 0 radical (unpaired) electrons. The molecule has 2 aliphatic heterocycles. The lowest BCUT2D eigenvalue weighted by Crippen LogP contribution is -2.38. The molecule has 30 heavy (non-hydrogen) atoms. The predicted octanol–water partition coefficient (Wildman–Crippen LogP) is 4.55. The molecule has 1 aromatic carbocycles. The number of thioether (sulfide) groups is 1. The van der Waals surface area contributed by atoms with Gasteiger partial charge in [-0.1, -0.05) is 11.6 Å². The Labute approximate surface area is 182 Å². The number of hydrogen-bond donors (Lipinski definition) is 1. The summed E-state index contributed by atoms with van der Waals surface area (Å²) in [6.07, 6.45) is 0. The molecule has 1 atom stereocenters. The molecule has 4 rings (SSSR count). The number of nitrogens with two attached hydrogens (primary N) is 1. The lowest BCUT2D eigenvalue weighted by Gasteiger charge is -2.33. The van der Waals surface area contributed by atoms with Gasteiger partial charge in [0.25, 0.3) is 0 Å². The molecule has 0 saturated heterocycles. The van der Waals surface area contributed by atoms with Crippen LogP contribution < -0.4 is 5.73 Å². The van der Waals surface area contributed by atoms with Gasteiger partial charge in [0.1, 0.15) is 34.4 Å². The Balaban J connectivity index is 1.82. The van der Waals surface area contributed by atoms with Crippen molar-refractivity contribution in [3.8, 4) is 17.4 Å². The molecule has 0 amide bonds. The Morgan fingerprint density at radius 2 is 2.10 bits per heavy atom. The first kappa shape index (κ1) is 20.1. The van der Waals surface area contributed by atoms with E-state index in [-0.39, 0.29) is 12.4 Å². The number of hydrogen-bond acceptors (Lipinski definition) is 8. The van der Waals surface area contributed by atoms with Gasteiger partial charge in [0.2, 0.25) is 0 Å². The zero-order chi connectivity index (χ0) is 21.4. The number of carbonyl (C=O) groups excluding carboxylic acids is 1. The molecular formula is C21H17ClN4O3S. The maximum absolute atomic E-state index is 12.8. The van der Waals surface area contributed by atoms with Gasteiger partial charge in [-0.05, 0) is 62.0 Å². The molecule has 9 heteroatoms. The number of rotatable bonds is 4. The van der Waals surface area contributed by atoms with Gasteiger partial charge in [-0.2, -0.15) is 5.26 Å². The average molecular weight is 441 g/mol. The van der Waals surface area contributed by atoms with E-state index in [2.05, 4.69) is 11.1 Å². The van der Waals surface area contributed by atoms with E-state index in [1.54, 1.807) is 36.9 Å². The number of nitriles is 1. The largest absolute Gasteiger partial charge is 0.463 e. The first-order valence-electron chi connectivity index (χ1n) is 9.13. The molecule has 0 aliphatic carbocycles. The third kappa shape index (κ3) is 3.36. The molecule has 0 bridgehead atoms. The van der Waals surface area contributed by atoms with Gasteiger partial charge < -0.3 is 14.9 Å². The second-order valence-corrected chi connectivity index (χ2v) is 7.94. The molecule has 2 aliphatic rings. The quantitative estimate of drug-likeness (QED) is 0.695. The Morgan fingerprint density at radius 1 is 1.37 bits per heavy atom. The van der Waals surface area contributed by atoms with Crippen molar-refractivity contribution in [2.75, 3.05) is 6.61 Å². The van der Waals surface area contributed by atoms with Crippen LogP contribution in [-0.4, -0.2) is 22.6 Å². The topological polar surface area (TPSA) is 105 Å². The number of furan rings is 1. The summed E-state index contributed by atoms with van der Waals surface area (Å²) in [6.45, 7) is 3.68. The monoisotopic (exact) mass is 440 g/mol. The zero-order valence-corrected chi connectivity index (χ0v) is 17.8. The Hall–Kier alpha value is -3.15. The average Bonchev–Trinajstić information content (AvgIpc) is 3.32. The van der Waals surface area contributed by atoms with Gasteiger partial charge in [0, 0.05) is 10.6 Å². The SMILES string of the molecule is CCOC(=O)C1=C(C)N=C2SC(C#N)=C(N)N2[C@@H]1c1ccc(-c2ccc(Cl)cc2)o1. The van der Waals surface area contributed by atoms with Gasteiger partial charge in [0.15, 0.2) is 5.17 Å². The molecule has 2 aromatic rings. The minimum atomic E-state index is -0.698. The smallest absolute Gasteiger partial charge is 0.338 e. The summed E-state index contributed by atoms with van der Waals surface area (Å²) in [6, 6.07) is 12.2. The van der Waals surface area contributed by atoms with Gasteiger partial charge >= 0.3 is 5.97 Å². The molecule has 0 fully saturated rings. The van der Waals surface area contributed by atoms with Crippen LogP contribution in [0.4, 0.5) is 0 Å². The minimum Gasteiger partial charge on any atom is -0.463 e. The standard InChI is InChI=1S/C21H17ClN4O3S/c1-3-28-20(27)17-11(2)25-21-26(19(24)16(10-23)30-21)18(17)15-9-8-14(29-15)12-4-6-13(22)7-5-12/h4-9,18H,3,24H2,1-2H3/t18-/m1/s1. The van der Waals surface area contributed by atoms with Crippen molar-refractivity contribution < 1.29 is 13.9 Å². The number of aliphatic imine (C=N–C) groups is 1. The van der Waals surface area contributed by atoms with Crippen LogP contribution in [0.15, 0.2) is 67.8 Å². The Bertz CT molecular complexity index is 1160. The number of esters is 1. The highest BCUT2D eigenvalue weighted by Crippen LogP contribution is 2.46. The van der Waals surface area contributed by atoms with Crippen molar-refractivity contribution in [3.05, 3.63) is 69.2 Å². The first-order chi connectivity index (χ1) is 14.4. The highest BCUT2D eigenvalue weighted by molar-refractivity contribution is 8.17. The second-order valence-electron chi connectivity index (χ2n) is 6.52. The van der Waals surface area contributed by atoms with Gasteiger partial charge in [-0.25, -0.2) is 9.79 Å². The van der Waals surface area contributed by atoms with E-state index in [0.717, 1.165) is 17.3 Å². The molecule has 0 spiro atoms. The van der Waals surface area contributed by atoms with E-state index >= 15 is 0 Å².